The fraction of sp³-hybridized carbons (Fsp3) is 0.647. The topological polar surface area (TPSA) is 18.5 Å². The molecule has 2 heterocycles. The van der Waals surface area contributed by atoms with Crippen molar-refractivity contribution < 1.29 is 0 Å². The van der Waals surface area contributed by atoms with E-state index in [9.17, 15) is 0 Å². The zero-order valence-corrected chi connectivity index (χ0v) is 12.7. The van der Waals surface area contributed by atoms with E-state index in [0.29, 0.717) is 0 Å². The van der Waals surface area contributed by atoms with Crippen molar-refractivity contribution in [3.05, 3.63) is 34.9 Å². The molecule has 1 aromatic carbocycles. The van der Waals surface area contributed by atoms with Gasteiger partial charge in [0.05, 0.1) is 0 Å². The average Bonchev–Trinajstić information content (AvgIpc) is 2.49. The molecule has 0 unspecified atom stereocenters. The van der Waals surface area contributed by atoms with E-state index >= 15 is 0 Å². The monoisotopic (exact) mass is 273 g/mol. The number of fused-ring (bicyclic) bond motifs is 1. The lowest BCUT2D eigenvalue weighted by molar-refractivity contribution is 0.153. The zero-order chi connectivity index (χ0) is 13.8. The Hall–Kier alpha value is -0.900. The molecule has 0 atom stereocenters. The van der Waals surface area contributed by atoms with Crippen molar-refractivity contribution in [3.8, 4) is 0 Å². The summed E-state index contributed by atoms with van der Waals surface area (Å²) in [5, 5.41) is 3.47. The summed E-state index contributed by atoms with van der Waals surface area (Å²) in [5.74, 6) is 0. The largest absolute Gasteiger partial charge is 0.312 e. The van der Waals surface area contributed by atoms with Crippen molar-refractivity contribution >= 4 is 0 Å². The van der Waals surface area contributed by atoms with Gasteiger partial charge in [-0.05, 0) is 56.1 Å². The number of likely N-dealkylation sites (N-methyl/N-ethyl adjacent to an activating group) is 1. The highest BCUT2D eigenvalue weighted by molar-refractivity contribution is 5.33. The van der Waals surface area contributed by atoms with Crippen LogP contribution >= 0.6 is 0 Å². The van der Waals surface area contributed by atoms with Gasteiger partial charge in [-0.15, -0.1) is 0 Å². The molecule has 0 amide bonds. The Morgan fingerprint density at radius 1 is 1.10 bits per heavy atom. The molecule has 0 aliphatic carbocycles. The summed E-state index contributed by atoms with van der Waals surface area (Å²) < 4.78 is 0. The summed E-state index contributed by atoms with van der Waals surface area (Å²) in [7, 11) is 2.22. The molecule has 3 rings (SSSR count). The Morgan fingerprint density at radius 2 is 1.95 bits per heavy atom. The lowest BCUT2D eigenvalue weighted by atomic mass is 9.97. The molecule has 1 aromatic rings. The molecule has 0 bridgehead atoms. The van der Waals surface area contributed by atoms with E-state index in [1.807, 2.05) is 0 Å². The van der Waals surface area contributed by atoms with Crippen molar-refractivity contribution in [2.45, 2.75) is 25.8 Å². The van der Waals surface area contributed by atoms with Gasteiger partial charge in [0.15, 0.2) is 0 Å². The Balaban J connectivity index is 1.46. The summed E-state index contributed by atoms with van der Waals surface area (Å²) in [6.45, 7) is 8.38. The van der Waals surface area contributed by atoms with E-state index < -0.39 is 0 Å². The SMILES string of the molecule is CN1CCN(CCCc2ccc3c(c2)CNCC3)CC1. The molecule has 20 heavy (non-hydrogen) atoms. The first-order chi connectivity index (χ1) is 9.81. The number of piperazine rings is 1. The van der Waals surface area contributed by atoms with Crippen LogP contribution < -0.4 is 5.32 Å². The van der Waals surface area contributed by atoms with E-state index in [1.165, 1.54) is 63.1 Å². The first-order valence-electron chi connectivity index (χ1n) is 8.03. The standard InChI is InChI=1S/C17H27N3/c1-19-9-11-20(12-10-19)8-2-3-15-4-5-16-6-7-18-14-17(16)13-15/h4-5,13,18H,2-3,6-12,14H2,1H3. The average molecular weight is 273 g/mol. The highest BCUT2D eigenvalue weighted by atomic mass is 15.2. The molecule has 0 radical (unpaired) electrons. The first-order valence-corrected chi connectivity index (χ1v) is 8.03. The molecule has 2 aliphatic heterocycles. The second-order valence-electron chi connectivity index (χ2n) is 6.28. The predicted molar refractivity (Wildman–Crippen MR) is 84.1 cm³/mol. The lowest BCUT2D eigenvalue weighted by Crippen LogP contribution is -2.44. The highest BCUT2D eigenvalue weighted by Crippen LogP contribution is 2.17. The van der Waals surface area contributed by atoms with Crippen LogP contribution in [0.5, 0.6) is 0 Å². The second-order valence-corrected chi connectivity index (χ2v) is 6.28. The van der Waals surface area contributed by atoms with Crippen molar-refractivity contribution in [1.82, 2.24) is 15.1 Å². The van der Waals surface area contributed by atoms with Crippen LogP contribution in [0.2, 0.25) is 0 Å². The summed E-state index contributed by atoms with van der Waals surface area (Å²) >= 11 is 0. The van der Waals surface area contributed by atoms with E-state index in [0.717, 1.165) is 13.1 Å². The molecular weight excluding hydrogens is 246 g/mol. The van der Waals surface area contributed by atoms with Gasteiger partial charge in [0.1, 0.15) is 0 Å². The quantitative estimate of drug-likeness (QED) is 0.897. The number of nitrogens with zero attached hydrogens (tertiary/aromatic N) is 2. The van der Waals surface area contributed by atoms with Crippen LogP contribution in [0.4, 0.5) is 0 Å². The van der Waals surface area contributed by atoms with Gasteiger partial charge in [0.25, 0.3) is 0 Å². The number of rotatable bonds is 4. The van der Waals surface area contributed by atoms with Crippen molar-refractivity contribution in [2.24, 2.45) is 0 Å². The number of hydrogen-bond acceptors (Lipinski definition) is 3. The van der Waals surface area contributed by atoms with Crippen molar-refractivity contribution in [3.63, 3.8) is 0 Å². The van der Waals surface area contributed by atoms with E-state index in [4.69, 9.17) is 0 Å². The maximum Gasteiger partial charge on any atom is 0.0208 e. The van der Waals surface area contributed by atoms with Gasteiger partial charge in [-0.3, -0.25) is 0 Å². The van der Waals surface area contributed by atoms with E-state index in [1.54, 1.807) is 5.56 Å². The summed E-state index contributed by atoms with van der Waals surface area (Å²) in [5.41, 5.74) is 4.58. The van der Waals surface area contributed by atoms with Crippen LogP contribution in [0, 0.1) is 0 Å². The van der Waals surface area contributed by atoms with Gasteiger partial charge >= 0.3 is 0 Å². The molecule has 2 aliphatic rings. The molecule has 1 saturated heterocycles. The molecule has 3 heteroatoms. The summed E-state index contributed by atoms with van der Waals surface area (Å²) in [6, 6.07) is 7.11. The van der Waals surface area contributed by atoms with E-state index in [-0.39, 0.29) is 0 Å². The minimum absolute atomic E-state index is 1.06. The normalized spacial score (nSPS) is 20.9. The number of hydrogen-bond donors (Lipinski definition) is 1. The maximum atomic E-state index is 3.47. The maximum absolute atomic E-state index is 3.47. The number of aryl methyl sites for hydroxylation is 1. The van der Waals surface area contributed by atoms with Crippen LogP contribution in [-0.2, 0) is 19.4 Å². The lowest BCUT2D eigenvalue weighted by Gasteiger charge is -2.32. The summed E-state index contributed by atoms with van der Waals surface area (Å²) in [6.07, 6.45) is 3.70. The smallest absolute Gasteiger partial charge is 0.0208 e. The predicted octanol–water partition coefficient (Wildman–Crippen LogP) is 1.51. The Morgan fingerprint density at radius 3 is 2.80 bits per heavy atom. The van der Waals surface area contributed by atoms with Crippen LogP contribution in [0.25, 0.3) is 0 Å². The second kappa shape index (κ2) is 6.70. The van der Waals surface area contributed by atoms with Crippen LogP contribution in [-0.4, -0.2) is 56.1 Å². The molecule has 110 valence electrons. The van der Waals surface area contributed by atoms with Gasteiger partial charge in [-0.25, -0.2) is 0 Å². The number of benzene rings is 1. The fourth-order valence-corrected chi connectivity index (χ4v) is 3.27. The minimum Gasteiger partial charge on any atom is -0.312 e. The third kappa shape index (κ3) is 3.60. The molecule has 3 nitrogen and oxygen atoms in total. The van der Waals surface area contributed by atoms with Crippen LogP contribution in [0.1, 0.15) is 23.1 Å². The molecule has 0 saturated carbocycles. The third-order valence-electron chi connectivity index (χ3n) is 4.69. The number of nitrogens with one attached hydrogen (secondary N) is 1. The van der Waals surface area contributed by atoms with Gasteiger partial charge in [0, 0.05) is 32.7 Å². The Labute approximate surface area is 123 Å². The molecule has 0 aromatic heterocycles. The van der Waals surface area contributed by atoms with Gasteiger partial charge in [-0.1, -0.05) is 18.2 Å². The highest BCUT2D eigenvalue weighted by Gasteiger charge is 2.13. The van der Waals surface area contributed by atoms with Gasteiger partial charge in [-0.2, -0.15) is 0 Å². The van der Waals surface area contributed by atoms with Crippen LogP contribution in [0.3, 0.4) is 0 Å². The molecular formula is C17H27N3. The van der Waals surface area contributed by atoms with E-state index in [2.05, 4.69) is 40.4 Å². The summed E-state index contributed by atoms with van der Waals surface area (Å²) in [4.78, 5) is 5.03. The molecule has 1 N–H and O–H groups in total. The van der Waals surface area contributed by atoms with Gasteiger partial charge < -0.3 is 15.1 Å². The third-order valence-corrected chi connectivity index (χ3v) is 4.69. The first kappa shape index (κ1) is 14.1. The van der Waals surface area contributed by atoms with Crippen molar-refractivity contribution in [1.29, 1.82) is 0 Å². The molecule has 1 fully saturated rings. The fourth-order valence-electron chi connectivity index (χ4n) is 3.27. The van der Waals surface area contributed by atoms with Gasteiger partial charge in [0.2, 0.25) is 0 Å². The molecule has 0 spiro atoms. The van der Waals surface area contributed by atoms with Crippen LogP contribution in [0.15, 0.2) is 18.2 Å². The minimum atomic E-state index is 1.06. The Kier molecular flexibility index (Phi) is 4.71. The van der Waals surface area contributed by atoms with Crippen molar-refractivity contribution in [2.75, 3.05) is 46.3 Å². The zero-order valence-electron chi connectivity index (χ0n) is 12.7. The Bertz CT molecular complexity index is 436.